The molecule has 1 N–H and O–H groups in total. The van der Waals surface area contributed by atoms with Crippen LogP contribution in [0.1, 0.15) is 66.0 Å². The monoisotopic (exact) mass is 509 g/mol. The molecular weight excluding hydrogens is 473 g/mol. The zero-order chi connectivity index (χ0) is 26.1. The lowest BCUT2D eigenvalue weighted by Gasteiger charge is -2.19. The molecule has 1 heterocycles. The first-order valence-corrected chi connectivity index (χ1v) is 14.0. The molecule has 1 aliphatic heterocycles. The van der Waals surface area contributed by atoms with E-state index in [4.69, 9.17) is 4.74 Å². The molecule has 1 saturated heterocycles. The Labute approximate surface area is 225 Å². The summed E-state index contributed by atoms with van der Waals surface area (Å²) in [6.07, 6.45) is 8.06. The van der Waals surface area contributed by atoms with Gasteiger partial charge in [-0.15, -0.1) is 0 Å². The fraction of sp³-hybridized carbons (Fsp3) is 0.353. The van der Waals surface area contributed by atoms with Crippen molar-refractivity contribution in [2.24, 2.45) is 0 Å². The first-order chi connectivity index (χ1) is 18.6. The lowest BCUT2D eigenvalue weighted by molar-refractivity contribution is 0.198. The molecule has 3 aromatic rings. The fourth-order valence-corrected chi connectivity index (χ4v) is 6.36. The Morgan fingerprint density at radius 2 is 1.82 bits per heavy atom. The molecule has 0 spiro atoms. The number of fused-ring (bicyclic) bond motifs is 2. The molecule has 3 aromatic carbocycles. The summed E-state index contributed by atoms with van der Waals surface area (Å²) in [5, 5.41) is 10.2. The number of allylic oxidation sites excluding steroid dienone is 2. The molecule has 2 aliphatic carbocycles. The third-order valence-electron chi connectivity index (χ3n) is 8.18. The highest BCUT2D eigenvalue weighted by Crippen LogP contribution is 2.42. The van der Waals surface area contributed by atoms with Crippen molar-refractivity contribution >= 4 is 17.2 Å². The summed E-state index contributed by atoms with van der Waals surface area (Å²) in [5.74, 6) is 1.21. The van der Waals surface area contributed by atoms with Crippen LogP contribution in [0.25, 0.3) is 17.2 Å². The van der Waals surface area contributed by atoms with Gasteiger partial charge < -0.3 is 9.84 Å². The predicted octanol–water partition coefficient (Wildman–Crippen LogP) is 7.46. The molecule has 4 heteroatoms. The number of ether oxygens (including phenoxy) is 1. The van der Waals surface area contributed by atoms with Crippen molar-refractivity contribution in [3.63, 3.8) is 0 Å². The second-order valence-electron chi connectivity index (χ2n) is 11.0. The first kappa shape index (κ1) is 24.9. The standard InChI is InChI=1S/C34H36FNO2/c1-23-18-25-6-7-27(20-28(25)19-23)32-5-2-4-26-21-29(37)10-13-33(26)34(32)24-8-11-30(12-9-24)38-31-14-17-36(22-31)16-3-15-35/h6-13,19-21,31,37H,2-5,14-18,22H2,1H3/t31-/m0/s1. The maximum atomic E-state index is 12.6. The minimum absolute atomic E-state index is 0.153. The summed E-state index contributed by atoms with van der Waals surface area (Å²) in [6.45, 7) is 4.58. The number of nitrogens with zero attached hydrogens (tertiary/aromatic N) is 1. The van der Waals surface area contributed by atoms with Gasteiger partial charge in [0.1, 0.15) is 17.6 Å². The Bertz CT molecular complexity index is 1390. The van der Waals surface area contributed by atoms with Gasteiger partial charge in [0.25, 0.3) is 0 Å². The van der Waals surface area contributed by atoms with Crippen LogP contribution in [0, 0.1) is 0 Å². The maximum absolute atomic E-state index is 12.6. The molecule has 38 heavy (non-hydrogen) atoms. The van der Waals surface area contributed by atoms with Gasteiger partial charge in [-0.25, -0.2) is 0 Å². The highest BCUT2D eigenvalue weighted by atomic mass is 19.1. The highest BCUT2D eigenvalue weighted by molar-refractivity contribution is 6.00. The number of hydrogen-bond acceptors (Lipinski definition) is 3. The number of aromatic hydroxyl groups is 1. The predicted molar refractivity (Wildman–Crippen MR) is 153 cm³/mol. The van der Waals surface area contributed by atoms with Crippen LogP contribution >= 0.6 is 0 Å². The van der Waals surface area contributed by atoms with Crippen LogP contribution < -0.4 is 4.74 Å². The third kappa shape index (κ3) is 5.15. The molecule has 6 rings (SSSR count). The first-order valence-electron chi connectivity index (χ1n) is 14.0. The van der Waals surface area contributed by atoms with Gasteiger partial charge in [0.05, 0.1) is 6.67 Å². The van der Waals surface area contributed by atoms with Crippen molar-refractivity contribution in [3.05, 3.63) is 99.6 Å². The lowest BCUT2D eigenvalue weighted by Crippen LogP contribution is -2.26. The average molecular weight is 510 g/mol. The number of hydrogen-bond donors (Lipinski definition) is 1. The topological polar surface area (TPSA) is 32.7 Å². The van der Waals surface area contributed by atoms with E-state index in [0.29, 0.717) is 12.2 Å². The number of halogens is 1. The summed E-state index contributed by atoms with van der Waals surface area (Å²) >= 11 is 0. The molecule has 0 radical (unpaired) electrons. The van der Waals surface area contributed by atoms with E-state index in [0.717, 1.165) is 57.5 Å². The Morgan fingerprint density at radius 1 is 0.974 bits per heavy atom. The minimum Gasteiger partial charge on any atom is -0.508 e. The van der Waals surface area contributed by atoms with Gasteiger partial charge in [-0.05, 0) is 120 Å². The Hall–Kier alpha value is -3.37. The number of rotatable bonds is 7. The van der Waals surface area contributed by atoms with Crippen molar-refractivity contribution in [1.29, 1.82) is 0 Å². The maximum Gasteiger partial charge on any atom is 0.119 e. The number of phenols is 1. The molecule has 0 amide bonds. The second-order valence-corrected chi connectivity index (χ2v) is 11.0. The van der Waals surface area contributed by atoms with E-state index in [1.54, 1.807) is 0 Å². The van der Waals surface area contributed by atoms with Gasteiger partial charge in [-0.2, -0.15) is 0 Å². The van der Waals surface area contributed by atoms with Crippen LogP contribution in [-0.4, -0.2) is 42.4 Å². The van der Waals surface area contributed by atoms with Crippen molar-refractivity contribution in [1.82, 2.24) is 4.90 Å². The Morgan fingerprint density at radius 3 is 2.66 bits per heavy atom. The largest absolute Gasteiger partial charge is 0.508 e. The minimum atomic E-state index is -0.258. The normalized spacial score (nSPS) is 19.2. The van der Waals surface area contributed by atoms with Gasteiger partial charge in [-0.1, -0.05) is 42.0 Å². The lowest BCUT2D eigenvalue weighted by atomic mass is 9.87. The van der Waals surface area contributed by atoms with Crippen molar-refractivity contribution in [3.8, 4) is 11.5 Å². The van der Waals surface area contributed by atoms with E-state index in [1.165, 1.54) is 50.1 Å². The number of likely N-dealkylation sites (tertiary alicyclic amines) is 1. The van der Waals surface area contributed by atoms with Gasteiger partial charge in [-0.3, -0.25) is 9.29 Å². The number of phenolic OH excluding ortho intramolecular Hbond substituents is 1. The Balaban J connectivity index is 1.34. The molecule has 0 aromatic heterocycles. The smallest absolute Gasteiger partial charge is 0.119 e. The molecular formula is C34H36FNO2. The molecule has 3 nitrogen and oxygen atoms in total. The summed E-state index contributed by atoms with van der Waals surface area (Å²) in [7, 11) is 0. The van der Waals surface area contributed by atoms with Gasteiger partial charge in [0.2, 0.25) is 0 Å². The average Bonchev–Trinajstić information content (AvgIpc) is 3.47. The number of alkyl halides is 1. The Kier molecular flexibility index (Phi) is 7.08. The van der Waals surface area contributed by atoms with Crippen LogP contribution in [0.4, 0.5) is 4.39 Å². The quantitative estimate of drug-likeness (QED) is 0.359. The van der Waals surface area contributed by atoms with Crippen LogP contribution in [0.3, 0.4) is 0 Å². The molecule has 196 valence electrons. The van der Waals surface area contributed by atoms with E-state index in [2.05, 4.69) is 66.4 Å². The zero-order valence-corrected chi connectivity index (χ0v) is 22.2. The second kappa shape index (κ2) is 10.8. The number of benzene rings is 3. The highest BCUT2D eigenvalue weighted by Gasteiger charge is 2.25. The van der Waals surface area contributed by atoms with Crippen LogP contribution in [0.5, 0.6) is 11.5 Å². The van der Waals surface area contributed by atoms with E-state index in [1.807, 2.05) is 12.1 Å². The molecule has 0 unspecified atom stereocenters. The molecule has 1 fully saturated rings. The summed E-state index contributed by atoms with van der Waals surface area (Å²) in [4.78, 5) is 2.29. The van der Waals surface area contributed by atoms with E-state index in [9.17, 15) is 9.50 Å². The fourth-order valence-electron chi connectivity index (χ4n) is 6.36. The summed E-state index contributed by atoms with van der Waals surface area (Å²) in [5.41, 5.74) is 11.6. The van der Waals surface area contributed by atoms with Crippen molar-refractivity contribution in [2.45, 2.75) is 51.6 Å². The molecule has 1 atom stereocenters. The van der Waals surface area contributed by atoms with E-state index >= 15 is 0 Å². The van der Waals surface area contributed by atoms with Crippen molar-refractivity contribution < 1.29 is 14.2 Å². The number of aryl methyl sites for hydroxylation is 1. The van der Waals surface area contributed by atoms with Gasteiger partial charge in [0, 0.05) is 19.6 Å². The van der Waals surface area contributed by atoms with Crippen LogP contribution in [0.15, 0.2) is 66.2 Å². The molecule has 0 saturated carbocycles. The van der Waals surface area contributed by atoms with Gasteiger partial charge >= 0.3 is 0 Å². The van der Waals surface area contributed by atoms with E-state index in [-0.39, 0.29) is 12.8 Å². The summed E-state index contributed by atoms with van der Waals surface area (Å²) < 4.78 is 18.9. The third-order valence-corrected chi connectivity index (χ3v) is 8.18. The molecule has 3 aliphatic rings. The SMILES string of the molecule is CC1=Cc2cc(C3=C(c4ccc(O[C@H]5CCN(CCCF)C5)cc4)c4ccc(O)cc4CCC3)ccc2C1. The van der Waals surface area contributed by atoms with E-state index < -0.39 is 0 Å². The zero-order valence-electron chi connectivity index (χ0n) is 22.2. The van der Waals surface area contributed by atoms with Crippen molar-refractivity contribution in [2.75, 3.05) is 26.3 Å². The van der Waals surface area contributed by atoms with Crippen LogP contribution in [0.2, 0.25) is 0 Å². The van der Waals surface area contributed by atoms with Crippen LogP contribution in [-0.2, 0) is 12.8 Å². The summed E-state index contributed by atoms with van der Waals surface area (Å²) in [6, 6.07) is 21.3. The van der Waals surface area contributed by atoms with Gasteiger partial charge in [0.15, 0.2) is 0 Å². The molecule has 0 bridgehead atoms.